The first-order chi connectivity index (χ1) is 8.56. The van der Waals surface area contributed by atoms with Crippen LogP contribution in [0.5, 0.6) is 0 Å². The maximum Gasteiger partial charge on any atom is 0.0911 e. The Bertz CT molecular complexity index is 188. The summed E-state index contributed by atoms with van der Waals surface area (Å²) in [7, 11) is 6.61. The minimum absolute atomic E-state index is 0.942. The lowest BCUT2D eigenvalue weighted by molar-refractivity contribution is -0.817. The SMILES string of the molecule is CCCCCCCCCCCC/C=C/[N+](C)(C)C. The number of nitrogens with zero attached hydrogens (tertiary/aromatic N) is 1. The van der Waals surface area contributed by atoms with E-state index in [2.05, 4.69) is 40.3 Å². The number of unbranched alkanes of at least 4 members (excludes halogenated alkanes) is 10. The van der Waals surface area contributed by atoms with Gasteiger partial charge in [-0.25, -0.2) is 0 Å². The van der Waals surface area contributed by atoms with Crippen molar-refractivity contribution >= 4 is 0 Å². The molecule has 1 nitrogen and oxygen atoms in total. The average Bonchev–Trinajstić information content (AvgIpc) is 2.29. The molecule has 0 aromatic carbocycles. The van der Waals surface area contributed by atoms with Crippen LogP contribution < -0.4 is 0 Å². The fourth-order valence-corrected chi connectivity index (χ4v) is 2.14. The Morgan fingerprint density at radius 1 is 0.667 bits per heavy atom. The molecule has 0 fully saturated rings. The molecule has 0 rings (SSSR count). The van der Waals surface area contributed by atoms with Gasteiger partial charge in [-0.3, -0.25) is 0 Å². The molecule has 0 aliphatic heterocycles. The van der Waals surface area contributed by atoms with Crippen LogP contribution >= 0.6 is 0 Å². The lowest BCUT2D eigenvalue weighted by Gasteiger charge is -2.17. The third-order valence-electron chi connectivity index (χ3n) is 3.28. The van der Waals surface area contributed by atoms with E-state index in [1.54, 1.807) is 0 Å². The van der Waals surface area contributed by atoms with Crippen molar-refractivity contribution in [1.82, 2.24) is 0 Å². The van der Waals surface area contributed by atoms with E-state index in [0.717, 1.165) is 4.48 Å². The van der Waals surface area contributed by atoms with Crippen LogP contribution in [0, 0.1) is 0 Å². The summed E-state index contributed by atoms with van der Waals surface area (Å²) in [6.07, 6.45) is 20.2. The van der Waals surface area contributed by atoms with Crippen molar-refractivity contribution in [2.75, 3.05) is 21.1 Å². The maximum atomic E-state index is 2.34. The molecule has 0 aliphatic carbocycles. The Kier molecular flexibility index (Phi) is 11.6. The summed E-state index contributed by atoms with van der Waals surface area (Å²) in [6, 6.07) is 0. The van der Waals surface area contributed by atoms with Crippen molar-refractivity contribution in [2.24, 2.45) is 0 Å². The molecule has 0 aromatic heterocycles. The minimum atomic E-state index is 0.942. The van der Waals surface area contributed by atoms with E-state index < -0.39 is 0 Å². The molecule has 0 amide bonds. The molecule has 0 aliphatic rings. The molecule has 1 heteroatoms. The van der Waals surface area contributed by atoms with Crippen LogP contribution in [0.4, 0.5) is 0 Å². The van der Waals surface area contributed by atoms with Gasteiger partial charge in [0.15, 0.2) is 0 Å². The zero-order chi connectivity index (χ0) is 13.7. The van der Waals surface area contributed by atoms with Crippen LogP contribution in [-0.4, -0.2) is 25.6 Å². The van der Waals surface area contributed by atoms with Gasteiger partial charge in [0.2, 0.25) is 0 Å². The van der Waals surface area contributed by atoms with Gasteiger partial charge in [0.1, 0.15) is 0 Å². The molecule has 0 bridgehead atoms. The van der Waals surface area contributed by atoms with Gasteiger partial charge in [-0.1, -0.05) is 64.7 Å². The summed E-state index contributed by atoms with van der Waals surface area (Å²) in [5.41, 5.74) is 0. The highest BCUT2D eigenvalue weighted by molar-refractivity contribution is 4.72. The van der Waals surface area contributed by atoms with Crippen molar-refractivity contribution in [3.8, 4) is 0 Å². The van der Waals surface area contributed by atoms with Gasteiger partial charge in [-0.2, -0.15) is 0 Å². The van der Waals surface area contributed by atoms with Gasteiger partial charge in [0, 0.05) is 0 Å². The number of hydrogen-bond acceptors (Lipinski definition) is 0. The lowest BCUT2D eigenvalue weighted by atomic mass is 10.1. The van der Waals surface area contributed by atoms with Gasteiger partial charge in [-0.15, -0.1) is 0 Å². The zero-order valence-corrected chi connectivity index (χ0v) is 13.4. The first kappa shape index (κ1) is 17.7. The van der Waals surface area contributed by atoms with E-state index >= 15 is 0 Å². The standard InChI is InChI=1S/C17H36N/c1-5-6-7-8-9-10-11-12-13-14-15-16-17-18(2,3)4/h16-17H,5-15H2,1-4H3/q+1/b17-16+. The third kappa shape index (κ3) is 15.7. The molecule has 0 spiro atoms. The summed E-state index contributed by atoms with van der Waals surface area (Å²) >= 11 is 0. The summed E-state index contributed by atoms with van der Waals surface area (Å²) < 4.78 is 0.942. The monoisotopic (exact) mass is 254 g/mol. The van der Waals surface area contributed by atoms with Crippen molar-refractivity contribution in [3.05, 3.63) is 12.3 Å². The van der Waals surface area contributed by atoms with Crippen LogP contribution in [0.1, 0.15) is 77.6 Å². The highest BCUT2D eigenvalue weighted by Crippen LogP contribution is 2.11. The van der Waals surface area contributed by atoms with Gasteiger partial charge >= 0.3 is 0 Å². The Morgan fingerprint density at radius 3 is 1.56 bits per heavy atom. The molecule has 0 saturated heterocycles. The van der Waals surface area contributed by atoms with Crippen LogP contribution in [0.3, 0.4) is 0 Å². The van der Waals surface area contributed by atoms with Gasteiger partial charge in [0.25, 0.3) is 0 Å². The topological polar surface area (TPSA) is 0 Å². The van der Waals surface area contributed by atoms with E-state index in [1.165, 1.54) is 70.6 Å². The Balaban J connectivity index is 3.10. The minimum Gasteiger partial charge on any atom is -0.305 e. The quantitative estimate of drug-likeness (QED) is 0.318. The second-order valence-corrected chi connectivity index (χ2v) is 6.47. The van der Waals surface area contributed by atoms with Gasteiger partial charge < -0.3 is 4.48 Å². The van der Waals surface area contributed by atoms with Crippen molar-refractivity contribution in [3.63, 3.8) is 0 Å². The highest BCUT2D eigenvalue weighted by Gasteiger charge is 1.98. The smallest absolute Gasteiger partial charge is 0.0911 e. The Labute approximate surface area is 116 Å². The van der Waals surface area contributed by atoms with Crippen LogP contribution in [0.25, 0.3) is 0 Å². The normalized spacial score (nSPS) is 12.4. The van der Waals surface area contributed by atoms with E-state index in [-0.39, 0.29) is 0 Å². The molecule has 0 heterocycles. The van der Waals surface area contributed by atoms with E-state index in [0.29, 0.717) is 0 Å². The summed E-state index contributed by atoms with van der Waals surface area (Å²) in [6.45, 7) is 2.28. The van der Waals surface area contributed by atoms with Crippen molar-refractivity contribution in [2.45, 2.75) is 77.6 Å². The molecule has 18 heavy (non-hydrogen) atoms. The molecular formula is C17H36N+. The van der Waals surface area contributed by atoms with Crippen LogP contribution in [0.2, 0.25) is 0 Å². The summed E-state index contributed by atoms with van der Waals surface area (Å²) in [4.78, 5) is 0. The molecule has 0 atom stereocenters. The number of allylic oxidation sites excluding steroid dienone is 1. The second-order valence-electron chi connectivity index (χ2n) is 6.47. The van der Waals surface area contributed by atoms with Crippen molar-refractivity contribution < 1.29 is 4.48 Å². The first-order valence-electron chi connectivity index (χ1n) is 8.05. The fraction of sp³-hybridized carbons (Fsp3) is 0.882. The number of hydrogen-bond donors (Lipinski definition) is 0. The first-order valence-corrected chi connectivity index (χ1v) is 8.05. The molecule has 0 aromatic rings. The maximum absolute atomic E-state index is 2.34. The van der Waals surface area contributed by atoms with Gasteiger partial charge in [-0.05, 0) is 18.9 Å². The molecular weight excluding hydrogens is 218 g/mol. The van der Waals surface area contributed by atoms with Gasteiger partial charge in [0.05, 0.1) is 27.3 Å². The third-order valence-corrected chi connectivity index (χ3v) is 3.28. The van der Waals surface area contributed by atoms with Crippen LogP contribution in [-0.2, 0) is 0 Å². The Hall–Kier alpha value is -0.300. The zero-order valence-electron chi connectivity index (χ0n) is 13.4. The molecule has 108 valence electrons. The van der Waals surface area contributed by atoms with E-state index in [4.69, 9.17) is 0 Å². The molecule has 0 unspecified atom stereocenters. The average molecular weight is 254 g/mol. The number of quaternary nitrogens is 1. The predicted molar refractivity (Wildman–Crippen MR) is 83.6 cm³/mol. The lowest BCUT2D eigenvalue weighted by Crippen LogP contribution is -2.26. The molecule has 0 N–H and O–H groups in total. The second kappa shape index (κ2) is 11.8. The number of rotatable bonds is 12. The highest BCUT2D eigenvalue weighted by atomic mass is 15.3. The summed E-state index contributed by atoms with van der Waals surface area (Å²) in [5, 5.41) is 0. The largest absolute Gasteiger partial charge is 0.305 e. The predicted octanol–water partition coefficient (Wildman–Crippen LogP) is 5.52. The Morgan fingerprint density at radius 2 is 1.11 bits per heavy atom. The van der Waals surface area contributed by atoms with Crippen LogP contribution in [0.15, 0.2) is 12.3 Å². The molecule has 0 radical (unpaired) electrons. The summed E-state index contributed by atoms with van der Waals surface area (Å²) in [5.74, 6) is 0. The molecule has 0 saturated carbocycles. The fourth-order valence-electron chi connectivity index (χ4n) is 2.14. The van der Waals surface area contributed by atoms with Crippen molar-refractivity contribution in [1.29, 1.82) is 0 Å². The van der Waals surface area contributed by atoms with E-state index in [1.807, 2.05) is 0 Å². The van der Waals surface area contributed by atoms with E-state index in [9.17, 15) is 0 Å².